The normalized spacial score (nSPS) is 8.67. The van der Waals surface area contributed by atoms with Crippen molar-refractivity contribution in [3.05, 3.63) is 0 Å². The lowest BCUT2D eigenvalue weighted by atomic mass is 10.5. The van der Waals surface area contributed by atoms with Gasteiger partial charge in [0.25, 0.3) is 0 Å². The van der Waals surface area contributed by atoms with E-state index in [0.29, 0.717) is 0 Å². The lowest BCUT2D eigenvalue weighted by Crippen LogP contribution is -2.21. The third kappa shape index (κ3) is 8.25. The molecule has 0 atom stereocenters. The van der Waals surface area contributed by atoms with Crippen molar-refractivity contribution in [2.45, 2.75) is 20.8 Å². The first kappa shape index (κ1) is 12.0. The minimum atomic E-state index is 1.19. The Morgan fingerprint density at radius 3 is 1.11 bits per heavy atom. The van der Waals surface area contributed by atoms with E-state index < -0.39 is 0 Å². The van der Waals surface area contributed by atoms with Gasteiger partial charge in [-0.2, -0.15) is 0 Å². The van der Waals surface area contributed by atoms with Crippen molar-refractivity contribution >= 4 is 11.6 Å². The molecule has 0 heterocycles. The average molecular weight is 152 g/mol. The van der Waals surface area contributed by atoms with Gasteiger partial charge in [0.2, 0.25) is 0 Å². The largest absolute Gasteiger partial charge is 0.304 e. The first-order valence-corrected chi connectivity index (χ1v) is 4.20. The molecule has 0 saturated carbocycles. The van der Waals surface area contributed by atoms with Crippen LogP contribution in [0.5, 0.6) is 0 Å². The first-order chi connectivity index (χ1) is 4.35. The summed E-state index contributed by atoms with van der Waals surface area (Å²) < 4.78 is 0. The molecule has 0 rings (SSSR count). The van der Waals surface area contributed by atoms with Crippen LogP contribution in [0.4, 0.5) is 0 Å². The molecule has 0 aromatic carbocycles. The SMILES string of the molecule is CCN(CC)CC.CCl. The van der Waals surface area contributed by atoms with Crippen molar-refractivity contribution in [1.82, 2.24) is 4.90 Å². The number of hydrogen-bond acceptors (Lipinski definition) is 1. The summed E-state index contributed by atoms with van der Waals surface area (Å²) in [4.78, 5) is 2.38. The van der Waals surface area contributed by atoms with Crippen LogP contribution in [0.25, 0.3) is 0 Å². The third-order valence-corrected chi connectivity index (χ3v) is 1.34. The van der Waals surface area contributed by atoms with E-state index in [0.717, 1.165) is 0 Å². The molecule has 0 unspecified atom stereocenters. The molecule has 0 aromatic rings. The van der Waals surface area contributed by atoms with Crippen LogP contribution in [0.1, 0.15) is 20.8 Å². The predicted molar refractivity (Wildman–Crippen MR) is 45.2 cm³/mol. The van der Waals surface area contributed by atoms with E-state index >= 15 is 0 Å². The summed E-state index contributed by atoms with van der Waals surface area (Å²) in [5.74, 6) is 0. The highest BCUT2D eigenvalue weighted by Crippen LogP contribution is 1.81. The minimum absolute atomic E-state index is 1.19. The van der Waals surface area contributed by atoms with Gasteiger partial charge in [-0.15, -0.1) is 11.6 Å². The van der Waals surface area contributed by atoms with Gasteiger partial charge < -0.3 is 4.90 Å². The highest BCUT2D eigenvalue weighted by Gasteiger charge is 1.89. The molecular formula is C7H18ClN. The molecule has 0 saturated heterocycles. The van der Waals surface area contributed by atoms with E-state index in [1.165, 1.54) is 26.0 Å². The van der Waals surface area contributed by atoms with Crippen LogP contribution in [-0.2, 0) is 0 Å². The smallest absolute Gasteiger partial charge is 0.0108 e. The summed E-state index contributed by atoms with van der Waals surface area (Å²) in [6.45, 7) is 10.1. The van der Waals surface area contributed by atoms with E-state index in [-0.39, 0.29) is 0 Å². The van der Waals surface area contributed by atoms with Crippen LogP contribution in [0, 0.1) is 0 Å². The standard InChI is InChI=1S/C6H15N.CH3Cl/c1-4-7(5-2)6-3;1-2/h4-6H2,1-3H3;1H3. The lowest BCUT2D eigenvalue weighted by molar-refractivity contribution is 0.321. The Kier molecular flexibility index (Phi) is 14.8. The second-order valence-corrected chi connectivity index (χ2v) is 1.62. The minimum Gasteiger partial charge on any atom is -0.304 e. The van der Waals surface area contributed by atoms with Gasteiger partial charge in [0.15, 0.2) is 0 Å². The van der Waals surface area contributed by atoms with Gasteiger partial charge in [-0.3, -0.25) is 0 Å². The Hall–Kier alpha value is 0.250. The highest BCUT2D eigenvalue weighted by atomic mass is 35.5. The summed E-state index contributed by atoms with van der Waals surface area (Å²) in [7, 11) is 0. The van der Waals surface area contributed by atoms with Crippen molar-refractivity contribution < 1.29 is 0 Å². The predicted octanol–water partition coefficient (Wildman–Crippen LogP) is 2.20. The van der Waals surface area contributed by atoms with E-state index in [2.05, 4.69) is 37.3 Å². The van der Waals surface area contributed by atoms with Gasteiger partial charge in [0.05, 0.1) is 0 Å². The van der Waals surface area contributed by atoms with Crippen LogP contribution in [0.2, 0.25) is 0 Å². The second-order valence-electron chi connectivity index (χ2n) is 1.62. The molecule has 0 aromatic heterocycles. The Morgan fingerprint density at radius 2 is 1.11 bits per heavy atom. The maximum atomic E-state index is 4.64. The molecule has 2 heteroatoms. The molecule has 0 radical (unpaired) electrons. The maximum absolute atomic E-state index is 4.64. The monoisotopic (exact) mass is 151 g/mol. The fourth-order valence-corrected chi connectivity index (χ4v) is 0.671. The van der Waals surface area contributed by atoms with Crippen molar-refractivity contribution in [2.24, 2.45) is 0 Å². The number of rotatable bonds is 3. The first-order valence-electron chi connectivity index (χ1n) is 3.45. The quantitative estimate of drug-likeness (QED) is 0.559. The zero-order chi connectivity index (χ0) is 7.70. The van der Waals surface area contributed by atoms with Gasteiger partial charge in [-0.1, -0.05) is 20.8 Å². The molecule has 0 N–H and O–H groups in total. The van der Waals surface area contributed by atoms with Crippen molar-refractivity contribution in [2.75, 3.05) is 26.0 Å². The molecule has 0 aliphatic heterocycles. The van der Waals surface area contributed by atoms with Crippen molar-refractivity contribution in [1.29, 1.82) is 0 Å². The number of alkyl halides is 1. The molecule has 0 aliphatic carbocycles. The number of halogens is 1. The van der Waals surface area contributed by atoms with Crippen molar-refractivity contribution in [3.63, 3.8) is 0 Å². The van der Waals surface area contributed by atoms with Gasteiger partial charge in [0, 0.05) is 6.38 Å². The molecule has 58 valence electrons. The topological polar surface area (TPSA) is 3.24 Å². The molecule has 0 aliphatic rings. The molecule has 0 fully saturated rings. The van der Waals surface area contributed by atoms with Crippen LogP contribution in [-0.4, -0.2) is 30.9 Å². The number of nitrogens with zero attached hydrogens (tertiary/aromatic N) is 1. The molecular weight excluding hydrogens is 134 g/mol. The molecule has 0 spiro atoms. The summed E-state index contributed by atoms with van der Waals surface area (Å²) in [6, 6.07) is 0. The summed E-state index contributed by atoms with van der Waals surface area (Å²) in [5.41, 5.74) is 0. The van der Waals surface area contributed by atoms with Gasteiger partial charge >= 0.3 is 0 Å². The third-order valence-electron chi connectivity index (χ3n) is 1.34. The van der Waals surface area contributed by atoms with Gasteiger partial charge in [-0.05, 0) is 19.6 Å². The zero-order valence-corrected chi connectivity index (χ0v) is 7.70. The van der Waals surface area contributed by atoms with Crippen molar-refractivity contribution in [3.8, 4) is 0 Å². The number of hydrogen-bond donors (Lipinski definition) is 0. The molecule has 9 heavy (non-hydrogen) atoms. The van der Waals surface area contributed by atoms with E-state index in [1.807, 2.05) is 0 Å². The summed E-state index contributed by atoms with van der Waals surface area (Å²) in [5, 5.41) is 0. The fraction of sp³-hybridized carbons (Fsp3) is 1.00. The van der Waals surface area contributed by atoms with Gasteiger partial charge in [0.1, 0.15) is 0 Å². The Balaban J connectivity index is 0. The van der Waals surface area contributed by atoms with E-state index in [1.54, 1.807) is 0 Å². The summed E-state index contributed by atoms with van der Waals surface area (Å²) in [6.07, 6.45) is 1.47. The average Bonchev–Trinajstić information content (AvgIpc) is 1.96. The highest BCUT2D eigenvalue weighted by molar-refractivity contribution is 6.15. The van der Waals surface area contributed by atoms with Crippen LogP contribution >= 0.6 is 11.6 Å². The zero-order valence-electron chi connectivity index (χ0n) is 6.95. The lowest BCUT2D eigenvalue weighted by Gasteiger charge is -2.13. The van der Waals surface area contributed by atoms with Crippen LogP contribution in [0.3, 0.4) is 0 Å². The molecule has 0 amide bonds. The Morgan fingerprint density at radius 1 is 0.889 bits per heavy atom. The molecule has 0 bridgehead atoms. The molecule has 1 nitrogen and oxygen atoms in total. The van der Waals surface area contributed by atoms with E-state index in [9.17, 15) is 0 Å². The van der Waals surface area contributed by atoms with Crippen LogP contribution in [0.15, 0.2) is 0 Å². The van der Waals surface area contributed by atoms with Crippen LogP contribution < -0.4 is 0 Å². The second kappa shape index (κ2) is 11.1. The Bertz CT molecular complexity index is 30.4. The van der Waals surface area contributed by atoms with Gasteiger partial charge in [-0.25, -0.2) is 0 Å². The fourth-order valence-electron chi connectivity index (χ4n) is 0.671. The maximum Gasteiger partial charge on any atom is 0.0108 e. The van der Waals surface area contributed by atoms with E-state index in [4.69, 9.17) is 0 Å². The Labute approximate surface area is 64.0 Å². The summed E-state index contributed by atoms with van der Waals surface area (Å²) >= 11 is 4.64.